The first-order valence-electron chi connectivity index (χ1n) is 6.57. The van der Waals surface area contributed by atoms with E-state index >= 15 is 0 Å². The SMILES string of the molecule is CCCCCCOC(=O)/C=C/C(=O)OCC(C)C. The lowest BCUT2D eigenvalue weighted by molar-refractivity contribution is -0.141. The molecule has 0 fully saturated rings. The molecule has 0 aromatic carbocycles. The van der Waals surface area contributed by atoms with Gasteiger partial charge >= 0.3 is 11.9 Å². The third-order valence-electron chi connectivity index (χ3n) is 2.16. The summed E-state index contributed by atoms with van der Waals surface area (Å²) in [4.78, 5) is 22.4. The van der Waals surface area contributed by atoms with Crippen LogP contribution >= 0.6 is 0 Å². The van der Waals surface area contributed by atoms with Crippen LogP contribution in [0, 0.1) is 5.92 Å². The van der Waals surface area contributed by atoms with Crippen LogP contribution in [0.1, 0.15) is 46.5 Å². The van der Waals surface area contributed by atoms with Crippen LogP contribution in [0.5, 0.6) is 0 Å². The number of esters is 2. The van der Waals surface area contributed by atoms with Crippen LogP contribution in [0.25, 0.3) is 0 Å². The minimum absolute atomic E-state index is 0.285. The van der Waals surface area contributed by atoms with Crippen molar-refractivity contribution in [2.75, 3.05) is 13.2 Å². The highest BCUT2D eigenvalue weighted by atomic mass is 16.5. The predicted molar refractivity (Wildman–Crippen MR) is 70.0 cm³/mol. The average Bonchev–Trinajstić information content (AvgIpc) is 2.33. The van der Waals surface area contributed by atoms with Crippen molar-refractivity contribution >= 4 is 11.9 Å². The summed E-state index contributed by atoms with van der Waals surface area (Å²) in [6.45, 7) is 6.78. The number of carbonyl (C=O) groups is 2. The maximum atomic E-state index is 11.2. The molecule has 0 radical (unpaired) electrons. The number of carbonyl (C=O) groups excluding carboxylic acids is 2. The lowest BCUT2D eigenvalue weighted by atomic mass is 10.2. The van der Waals surface area contributed by atoms with Crippen LogP contribution < -0.4 is 0 Å². The Morgan fingerprint density at radius 3 is 2.17 bits per heavy atom. The van der Waals surface area contributed by atoms with Crippen molar-refractivity contribution in [3.8, 4) is 0 Å². The second kappa shape index (κ2) is 10.8. The summed E-state index contributed by atoms with van der Waals surface area (Å²) in [6, 6.07) is 0. The van der Waals surface area contributed by atoms with E-state index in [1.807, 2.05) is 13.8 Å². The van der Waals surface area contributed by atoms with Crippen LogP contribution in [-0.4, -0.2) is 25.2 Å². The molecule has 4 nitrogen and oxygen atoms in total. The van der Waals surface area contributed by atoms with Crippen molar-refractivity contribution in [1.82, 2.24) is 0 Å². The van der Waals surface area contributed by atoms with Gasteiger partial charge in [-0.05, 0) is 12.3 Å². The summed E-state index contributed by atoms with van der Waals surface area (Å²) in [5, 5.41) is 0. The lowest BCUT2D eigenvalue weighted by Gasteiger charge is -2.04. The first-order chi connectivity index (χ1) is 8.56. The zero-order valence-corrected chi connectivity index (χ0v) is 11.6. The lowest BCUT2D eigenvalue weighted by Crippen LogP contribution is -2.08. The molecule has 0 aliphatic rings. The van der Waals surface area contributed by atoms with E-state index in [2.05, 4.69) is 6.92 Å². The van der Waals surface area contributed by atoms with Gasteiger partial charge in [0.15, 0.2) is 0 Å². The van der Waals surface area contributed by atoms with Crippen molar-refractivity contribution in [3.05, 3.63) is 12.2 Å². The third kappa shape index (κ3) is 11.2. The van der Waals surface area contributed by atoms with E-state index in [-0.39, 0.29) is 5.92 Å². The maximum absolute atomic E-state index is 11.2. The minimum atomic E-state index is -0.508. The van der Waals surface area contributed by atoms with Crippen LogP contribution in [0.3, 0.4) is 0 Å². The fourth-order valence-corrected chi connectivity index (χ4v) is 1.18. The quantitative estimate of drug-likeness (QED) is 0.361. The van der Waals surface area contributed by atoms with E-state index in [1.54, 1.807) is 0 Å². The van der Waals surface area contributed by atoms with Crippen LogP contribution in [-0.2, 0) is 19.1 Å². The highest BCUT2D eigenvalue weighted by Crippen LogP contribution is 1.99. The molecule has 0 bridgehead atoms. The summed E-state index contributed by atoms with van der Waals surface area (Å²) >= 11 is 0. The molecule has 0 saturated carbocycles. The standard InChI is InChI=1S/C14H24O4/c1-4-5-6-7-10-17-13(15)8-9-14(16)18-11-12(2)3/h8-9,12H,4-7,10-11H2,1-3H3/b9-8+. The average molecular weight is 256 g/mol. The van der Waals surface area contributed by atoms with Crippen molar-refractivity contribution in [2.24, 2.45) is 5.92 Å². The molecule has 0 aliphatic heterocycles. The van der Waals surface area contributed by atoms with Gasteiger partial charge in [0.2, 0.25) is 0 Å². The van der Waals surface area contributed by atoms with Crippen LogP contribution in [0.15, 0.2) is 12.2 Å². The Hall–Kier alpha value is -1.32. The number of ether oxygens (including phenoxy) is 2. The van der Waals surface area contributed by atoms with Gasteiger partial charge in [0.25, 0.3) is 0 Å². The normalized spacial score (nSPS) is 10.9. The van der Waals surface area contributed by atoms with E-state index < -0.39 is 11.9 Å². The first-order valence-corrected chi connectivity index (χ1v) is 6.57. The summed E-state index contributed by atoms with van der Waals surface area (Å²) < 4.78 is 9.81. The van der Waals surface area contributed by atoms with Gasteiger partial charge in [0.05, 0.1) is 13.2 Å². The Bertz CT molecular complexity index is 269. The Morgan fingerprint density at radius 2 is 1.61 bits per heavy atom. The minimum Gasteiger partial charge on any atom is -0.463 e. The largest absolute Gasteiger partial charge is 0.463 e. The number of unbranched alkanes of at least 4 members (excludes halogenated alkanes) is 3. The van der Waals surface area contributed by atoms with Gasteiger partial charge in [-0.3, -0.25) is 0 Å². The van der Waals surface area contributed by atoms with Gasteiger partial charge in [-0.1, -0.05) is 40.0 Å². The fraction of sp³-hybridized carbons (Fsp3) is 0.714. The van der Waals surface area contributed by atoms with E-state index in [1.165, 1.54) is 0 Å². The Kier molecular flexibility index (Phi) is 10.0. The van der Waals surface area contributed by atoms with Crippen molar-refractivity contribution < 1.29 is 19.1 Å². The topological polar surface area (TPSA) is 52.6 Å². The summed E-state index contributed by atoms with van der Waals surface area (Å²) in [5.41, 5.74) is 0. The summed E-state index contributed by atoms with van der Waals surface area (Å²) in [5.74, 6) is -0.715. The zero-order chi connectivity index (χ0) is 13.8. The molecule has 0 saturated heterocycles. The number of rotatable bonds is 9. The molecule has 18 heavy (non-hydrogen) atoms. The maximum Gasteiger partial charge on any atom is 0.331 e. The molecule has 0 aliphatic carbocycles. The van der Waals surface area contributed by atoms with E-state index in [4.69, 9.17) is 9.47 Å². The van der Waals surface area contributed by atoms with Crippen LogP contribution in [0.2, 0.25) is 0 Å². The fourth-order valence-electron chi connectivity index (χ4n) is 1.18. The molecular formula is C14H24O4. The molecule has 0 amide bonds. The molecule has 104 valence electrons. The molecule has 0 heterocycles. The Labute approximate surface area is 109 Å². The molecule has 0 spiro atoms. The molecule has 0 aromatic rings. The smallest absolute Gasteiger partial charge is 0.331 e. The highest BCUT2D eigenvalue weighted by molar-refractivity contribution is 5.91. The second-order valence-electron chi connectivity index (χ2n) is 4.59. The molecule has 0 rings (SSSR count). The number of hydrogen-bond acceptors (Lipinski definition) is 4. The monoisotopic (exact) mass is 256 g/mol. The van der Waals surface area contributed by atoms with Gasteiger partial charge in [-0.15, -0.1) is 0 Å². The predicted octanol–water partition coefficient (Wildman–Crippen LogP) is 2.87. The second-order valence-corrected chi connectivity index (χ2v) is 4.59. The third-order valence-corrected chi connectivity index (χ3v) is 2.16. The first kappa shape index (κ1) is 16.7. The van der Waals surface area contributed by atoms with Gasteiger partial charge in [0, 0.05) is 12.2 Å². The van der Waals surface area contributed by atoms with Gasteiger partial charge < -0.3 is 9.47 Å². The molecule has 0 N–H and O–H groups in total. The summed E-state index contributed by atoms with van der Waals surface area (Å²) in [7, 11) is 0. The van der Waals surface area contributed by atoms with Crippen molar-refractivity contribution in [2.45, 2.75) is 46.5 Å². The van der Waals surface area contributed by atoms with E-state index in [0.29, 0.717) is 13.2 Å². The van der Waals surface area contributed by atoms with E-state index in [9.17, 15) is 9.59 Å². The zero-order valence-electron chi connectivity index (χ0n) is 11.6. The molecule has 0 aromatic heterocycles. The Morgan fingerprint density at radius 1 is 1.00 bits per heavy atom. The van der Waals surface area contributed by atoms with E-state index in [0.717, 1.165) is 37.8 Å². The van der Waals surface area contributed by atoms with Gasteiger partial charge in [-0.25, -0.2) is 9.59 Å². The molecular weight excluding hydrogens is 232 g/mol. The van der Waals surface area contributed by atoms with Gasteiger partial charge in [0.1, 0.15) is 0 Å². The molecule has 0 unspecified atom stereocenters. The van der Waals surface area contributed by atoms with Crippen LogP contribution in [0.4, 0.5) is 0 Å². The van der Waals surface area contributed by atoms with Gasteiger partial charge in [-0.2, -0.15) is 0 Å². The molecule has 0 atom stereocenters. The van der Waals surface area contributed by atoms with Crippen molar-refractivity contribution in [3.63, 3.8) is 0 Å². The van der Waals surface area contributed by atoms with Crippen molar-refractivity contribution in [1.29, 1.82) is 0 Å². The summed E-state index contributed by atoms with van der Waals surface area (Å²) in [6.07, 6.45) is 6.44. The number of hydrogen-bond donors (Lipinski definition) is 0. The highest BCUT2D eigenvalue weighted by Gasteiger charge is 2.02. The Balaban J connectivity index is 3.63. The molecule has 4 heteroatoms.